The SMILES string of the molecule is C[CH]CCCCCCC(F)(F)F. The second kappa shape index (κ2) is 6.32. The predicted molar refractivity (Wildman–Crippen MR) is 43.7 cm³/mol. The Kier molecular flexibility index (Phi) is 6.21. The van der Waals surface area contributed by atoms with Gasteiger partial charge in [-0.15, -0.1) is 0 Å². The lowest BCUT2D eigenvalue weighted by Gasteiger charge is -2.04. The maximum absolute atomic E-state index is 11.6. The first-order valence-corrected chi connectivity index (χ1v) is 4.41. The maximum Gasteiger partial charge on any atom is 0.389 e. The molecule has 0 heterocycles. The number of hydrogen-bond donors (Lipinski definition) is 0. The van der Waals surface area contributed by atoms with Crippen LogP contribution in [-0.2, 0) is 0 Å². The molecule has 12 heavy (non-hydrogen) atoms. The summed E-state index contributed by atoms with van der Waals surface area (Å²) in [6, 6.07) is 0. The molecule has 0 saturated heterocycles. The zero-order valence-corrected chi connectivity index (χ0v) is 7.45. The quantitative estimate of drug-likeness (QED) is 0.541. The number of rotatable bonds is 6. The number of alkyl halides is 3. The lowest BCUT2D eigenvalue weighted by Crippen LogP contribution is -2.06. The Labute approximate surface area is 72.2 Å². The number of unbranched alkanes of at least 4 members (excludes halogenated alkanes) is 5. The average molecular weight is 181 g/mol. The van der Waals surface area contributed by atoms with E-state index in [1.807, 2.05) is 13.3 Å². The Morgan fingerprint density at radius 3 is 2.08 bits per heavy atom. The third kappa shape index (κ3) is 9.79. The van der Waals surface area contributed by atoms with E-state index in [1.54, 1.807) is 0 Å². The van der Waals surface area contributed by atoms with Gasteiger partial charge in [0.25, 0.3) is 0 Å². The molecule has 0 aromatic rings. The Morgan fingerprint density at radius 1 is 1.00 bits per heavy atom. The van der Waals surface area contributed by atoms with Gasteiger partial charge >= 0.3 is 6.18 Å². The second-order valence-corrected chi connectivity index (χ2v) is 2.98. The molecule has 0 amide bonds. The minimum Gasteiger partial charge on any atom is -0.171 e. The molecule has 0 rings (SSSR count). The van der Waals surface area contributed by atoms with Crippen LogP contribution in [0.2, 0.25) is 0 Å². The van der Waals surface area contributed by atoms with E-state index >= 15 is 0 Å². The summed E-state index contributed by atoms with van der Waals surface area (Å²) in [7, 11) is 0. The first-order chi connectivity index (χ1) is 5.56. The van der Waals surface area contributed by atoms with Crippen LogP contribution in [0.4, 0.5) is 13.2 Å². The van der Waals surface area contributed by atoms with Crippen molar-refractivity contribution in [3.63, 3.8) is 0 Å². The molecule has 0 nitrogen and oxygen atoms in total. The number of halogens is 3. The molecule has 0 aliphatic carbocycles. The second-order valence-electron chi connectivity index (χ2n) is 2.98. The van der Waals surface area contributed by atoms with Crippen LogP contribution >= 0.6 is 0 Å². The molecule has 0 spiro atoms. The predicted octanol–water partition coefficient (Wildman–Crippen LogP) is 4.11. The standard InChI is InChI=1S/C9H16F3/c1-2-3-4-5-6-7-8-9(10,11)12/h2H,3-8H2,1H3. The normalized spacial score (nSPS) is 12.0. The summed E-state index contributed by atoms with van der Waals surface area (Å²) in [6.07, 6.45) is 1.41. The molecule has 3 heteroatoms. The first kappa shape index (κ1) is 11.8. The molecule has 73 valence electrons. The highest BCUT2D eigenvalue weighted by Gasteiger charge is 2.25. The molecule has 1 radical (unpaired) electrons. The zero-order valence-electron chi connectivity index (χ0n) is 7.45. The van der Waals surface area contributed by atoms with Gasteiger partial charge in [-0.25, -0.2) is 0 Å². The summed E-state index contributed by atoms with van der Waals surface area (Å²) in [6.45, 7) is 1.97. The van der Waals surface area contributed by atoms with Gasteiger partial charge in [0.2, 0.25) is 0 Å². The van der Waals surface area contributed by atoms with Gasteiger partial charge in [0.15, 0.2) is 0 Å². The Morgan fingerprint density at radius 2 is 1.58 bits per heavy atom. The van der Waals surface area contributed by atoms with Crippen molar-refractivity contribution in [1.29, 1.82) is 0 Å². The van der Waals surface area contributed by atoms with Crippen LogP contribution < -0.4 is 0 Å². The van der Waals surface area contributed by atoms with E-state index in [1.165, 1.54) is 0 Å². The summed E-state index contributed by atoms with van der Waals surface area (Å²) < 4.78 is 34.9. The maximum atomic E-state index is 11.6. The van der Waals surface area contributed by atoms with Crippen molar-refractivity contribution < 1.29 is 13.2 Å². The monoisotopic (exact) mass is 181 g/mol. The fourth-order valence-corrected chi connectivity index (χ4v) is 1.03. The van der Waals surface area contributed by atoms with Gasteiger partial charge in [-0.05, 0) is 12.8 Å². The van der Waals surface area contributed by atoms with Gasteiger partial charge in [0.1, 0.15) is 0 Å². The summed E-state index contributed by atoms with van der Waals surface area (Å²) in [5.41, 5.74) is 0. The largest absolute Gasteiger partial charge is 0.389 e. The molecule has 0 aliphatic heterocycles. The van der Waals surface area contributed by atoms with Crippen molar-refractivity contribution in [3.05, 3.63) is 6.42 Å². The lowest BCUT2D eigenvalue weighted by molar-refractivity contribution is -0.135. The van der Waals surface area contributed by atoms with E-state index < -0.39 is 12.6 Å². The van der Waals surface area contributed by atoms with Crippen molar-refractivity contribution in [3.8, 4) is 0 Å². The van der Waals surface area contributed by atoms with Crippen LogP contribution in [0.3, 0.4) is 0 Å². The lowest BCUT2D eigenvalue weighted by atomic mass is 10.1. The smallest absolute Gasteiger partial charge is 0.171 e. The van der Waals surface area contributed by atoms with Crippen LogP contribution in [0.25, 0.3) is 0 Å². The topological polar surface area (TPSA) is 0 Å². The van der Waals surface area contributed by atoms with Crippen molar-refractivity contribution in [1.82, 2.24) is 0 Å². The van der Waals surface area contributed by atoms with Crippen molar-refractivity contribution in [2.45, 2.75) is 51.6 Å². The van der Waals surface area contributed by atoms with Crippen LogP contribution in [0.15, 0.2) is 0 Å². The van der Waals surface area contributed by atoms with E-state index in [-0.39, 0.29) is 6.42 Å². The summed E-state index contributed by atoms with van der Waals surface area (Å²) in [5, 5.41) is 0. The number of hydrogen-bond acceptors (Lipinski definition) is 0. The molecule has 0 aromatic heterocycles. The Hall–Kier alpha value is -0.210. The van der Waals surface area contributed by atoms with Gasteiger partial charge in [0.05, 0.1) is 0 Å². The van der Waals surface area contributed by atoms with Crippen LogP contribution in [-0.4, -0.2) is 6.18 Å². The molecule has 0 saturated carbocycles. The molecular weight excluding hydrogens is 165 g/mol. The van der Waals surface area contributed by atoms with Crippen molar-refractivity contribution >= 4 is 0 Å². The van der Waals surface area contributed by atoms with E-state index in [0.29, 0.717) is 6.42 Å². The third-order valence-electron chi connectivity index (χ3n) is 1.70. The van der Waals surface area contributed by atoms with Crippen LogP contribution in [0, 0.1) is 6.42 Å². The van der Waals surface area contributed by atoms with E-state index in [2.05, 4.69) is 0 Å². The van der Waals surface area contributed by atoms with Gasteiger partial charge in [-0.2, -0.15) is 13.2 Å². The first-order valence-electron chi connectivity index (χ1n) is 4.41. The zero-order chi connectivity index (χ0) is 9.45. The van der Waals surface area contributed by atoms with Gasteiger partial charge in [-0.1, -0.05) is 32.6 Å². The molecular formula is C9H16F3. The molecule has 0 aromatic carbocycles. The third-order valence-corrected chi connectivity index (χ3v) is 1.70. The Balaban J connectivity index is 3.01. The fraction of sp³-hybridized carbons (Fsp3) is 0.889. The highest BCUT2D eigenvalue weighted by Crippen LogP contribution is 2.22. The van der Waals surface area contributed by atoms with Gasteiger partial charge < -0.3 is 0 Å². The van der Waals surface area contributed by atoms with Crippen molar-refractivity contribution in [2.24, 2.45) is 0 Å². The van der Waals surface area contributed by atoms with Crippen LogP contribution in [0.5, 0.6) is 0 Å². The van der Waals surface area contributed by atoms with Gasteiger partial charge in [0, 0.05) is 6.42 Å². The average Bonchev–Trinajstić information content (AvgIpc) is 1.94. The molecule has 0 bridgehead atoms. The molecule has 0 fully saturated rings. The van der Waals surface area contributed by atoms with Gasteiger partial charge in [-0.3, -0.25) is 0 Å². The summed E-state index contributed by atoms with van der Waals surface area (Å²) >= 11 is 0. The molecule has 0 unspecified atom stereocenters. The molecule has 0 aliphatic rings. The summed E-state index contributed by atoms with van der Waals surface area (Å²) in [5.74, 6) is 0. The Bertz CT molecular complexity index is 96.4. The van der Waals surface area contributed by atoms with Crippen molar-refractivity contribution in [2.75, 3.05) is 0 Å². The van der Waals surface area contributed by atoms with Crippen LogP contribution in [0.1, 0.15) is 45.4 Å². The summed E-state index contributed by atoms with van der Waals surface area (Å²) in [4.78, 5) is 0. The highest BCUT2D eigenvalue weighted by molar-refractivity contribution is 4.56. The van der Waals surface area contributed by atoms with E-state index in [4.69, 9.17) is 0 Å². The fourth-order valence-electron chi connectivity index (χ4n) is 1.03. The van der Waals surface area contributed by atoms with E-state index in [0.717, 1.165) is 19.3 Å². The highest BCUT2D eigenvalue weighted by atomic mass is 19.4. The molecule has 0 atom stereocenters. The minimum atomic E-state index is -3.96. The minimum absolute atomic E-state index is 0.285. The van der Waals surface area contributed by atoms with E-state index in [9.17, 15) is 13.2 Å². The molecule has 0 N–H and O–H groups in total.